The van der Waals surface area contributed by atoms with Gasteiger partial charge in [0.2, 0.25) is 5.89 Å². The number of hydrogen-bond acceptors (Lipinski definition) is 7. The molecule has 9 nitrogen and oxygen atoms in total. The van der Waals surface area contributed by atoms with Gasteiger partial charge < -0.3 is 23.6 Å². The molecule has 0 spiro atoms. The Labute approximate surface area is 233 Å². The van der Waals surface area contributed by atoms with Crippen LogP contribution in [-0.2, 0) is 32.5 Å². The summed E-state index contributed by atoms with van der Waals surface area (Å²) < 4.78 is 43.8. The predicted octanol–water partition coefficient (Wildman–Crippen LogP) is 5.56. The van der Waals surface area contributed by atoms with Crippen molar-refractivity contribution in [3.8, 4) is 11.5 Å². The van der Waals surface area contributed by atoms with Gasteiger partial charge in [-0.2, -0.15) is 0 Å². The van der Waals surface area contributed by atoms with Gasteiger partial charge in [-0.15, -0.1) is 0 Å². The van der Waals surface area contributed by atoms with Gasteiger partial charge in [0.15, 0.2) is 9.84 Å². The number of aromatic nitrogens is 2. The Morgan fingerprint density at radius 1 is 1.10 bits per heavy atom. The van der Waals surface area contributed by atoms with Gasteiger partial charge in [-0.25, -0.2) is 18.2 Å². The highest BCUT2D eigenvalue weighted by molar-refractivity contribution is 7.90. The van der Waals surface area contributed by atoms with Crippen LogP contribution in [-0.4, -0.2) is 54.1 Å². The van der Waals surface area contributed by atoms with Crippen LogP contribution in [0.2, 0.25) is 0 Å². The molecule has 0 amide bonds. The maximum absolute atomic E-state index is 11.9. The van der Waals surface area contributed by atoms with E-state index in [1.54, 1.807) is 10.6 Å². The molecular weight excluding hydrogens is 532 g/mol. The summed E-state index contributed by atoms with van der Waals surface area (Å²) in [6.45, 7) is 4.97. The number of aromatic carboxylic acids is 1. The number of carbonyl (C=O) groups is 1. The number of hydrogen-bond donors (Lipinski definition) is 1. The van der Waals surface area contributed by atoms with Crippen LogP contribution in [0.1, 0.15) is 53.2 Å². The first-order chi connectivity index (χ1) is 19.1. The van der Waals surface area contributed by atoms with E-state index >= 15 is 0 Å². The Kier molecular flexibility index (Phi) is 8.11. The smallest absolute Gasteiger partial charge is 0.352 e. The van der Waals surface area contributed by atoms with Gasteiger partial charge in [0, 0.05) is 29.3 Å². The summed E-state index contributed by atoms with van der Waals surface area (Å²) in [6, 6.07) is 14.2. The van der Waals surface area contributed by atoms with Crippen molar-refractivity contribution in [2.75, 3.05) is 12.9 Å². The van der Waals surface area contributed by atoms with Gasteiger partial charge in [0.25, 0.3) is 0 Å². The normalized spacial score (nSPS) is 17.9. The number of benzene rings is 2. The lowest BCUT2D eigenvalue weighted by Crippen LogP contribution is -2.29. The van der Waals surface area contributed by atoms with Crippen LogP contribution < -0.4 is 0 Å². The lowest BCUT2D eigenvalue weighted by molar-refractivity contribution is -0.0523. The van der Waals surface area contributed by atoms with Crippen LogP contribution in [0, 0.1) is 13.8 Å². The van der Waals surface area contributed by atoms with Gasteiger partial charge >= 0.3 is 5.97 Å². The van der Waals surface area contributed by atoms with E-state index in [9.17, 15) is 18.3 Å². The maximum Gasteiger partial charge on any atom is 0.352 e. The fourth-order valence-electron chi connectivity index (χ4n) is 5.27. The second-order valence-corrected chi connectivity index (χ2v) is 12.5. The summed E-state index contributed by atoms with van der Waals surface area (Å²) in [6.07, 6.45) is 4.75. The van der Waals surface area contributed by atoms with E-state index in [0.717, 1.165) is 54.5 Å². The standard InChI is InChI=1S/C30H34N2O7S/c1-19-6-4-7-21(14-19)29-31-26(20(2)39-29)18-38-24-9-5-8-23(17-24)37-13-12-32-27-11-10-25(40(3,35)36)15-22(27)16-28(32)30(33)34/h4,6-7,10-11,14-16,23-24H,5,8-9,12-13,17-18H2,1-3H3,(H,33,34). The van der Waals surface area contributed by atoms with Gasteiger partial charge in [-0.3, -0.25) is 0 Å². The highest BCUT2D eigenvalue weighted by Gasteiger charge is 2.25. The first-order valence-corrected chi connectivity index (χ1v) is 15.3. The van der Waals surface area contributed by atoms with E-state index in [2.05, 4.69) is 4.98 Å². The van der Waals surface area contributed by atoms with Crippen LogP contribution in [0.3, 0.4) is 0 Å². The minimum atomic E-state index is -3.40. The summed E-state index contributed by atoms with van der Waals surface area (Å²) in [7, 11) is -3.40. The lowest BCUT2D eigenvalue weighted by Gasteiger charge is -2.29. The predicted molar refractivity (Wildman–Crippen MR) is 150 cm³/mol. The van der Waals surface area contributed by atoms with Gasteiger partial charge in [0.1, 0.15) is 17.1 Å². The van der Waals surface area contributed by atoms with Crippen LogP contribution in [0.25, 0.3) is 22.4 Å². The molecule has 1 N–H and O–H groups in total. The minimum absolute atomic E-state index is 0.00644. The molecule has 40 heavy (non-hydrogen) atoms. The second-order valence-electron chi connectivity index (χ2n) is 10.5. The molecule has 4 aromatic rings. The van der Waals surface area contributed by atoms with Crippen LogP contribution in [0.4, 0.5) is 0 Å². The molecule has 2 aromatic carbocycles. The minimum Gasteiger partial charge on any atom is -0.477 e. The SMILES string of the molecule is Cc1cccc(-c2nc(COC3CCCC(OCCn4c(C(=O)O)cc5cc(S(C)(=O)=O)ccc54)C3)c(C)o2)c1. The maximum atomic E-state index is 11.9. The number of oxazole rings is 1. The zero-order valence-electron chi connectivity index (χ0n) is 22.9. The average molecular weight is 567 g/mol. The van der Waals surface area contributed by atoms with Crippen molar-refractivity contribution >= 4 is 26.7 Å². The zero-order chi connectivity index (χ0) is 28.4. The molecule has 2 atom stereocenters. The summed E-state index contributed by atoms with van der Waals surface area (Å²) in [4.78, 5) is 16.7. The molecule has 1 aliphatic rings. The first kappa shape index (κ1) is 28.1. The van der Waals surface area contributed by atoms with E-state index in [1.165, 1.54) is 18.2 Å². The third-order valence-corrected chi connectivity index (χ3v) is 8.49. The number of carboxylic acid groups (broad SMARTS) is 1. The number of ether oxygens (including phenoxy) is 2. The largest absolute Gasteiger partial charge is 0.477 e. The number of nitrogens with zero attached hydrogens (tertiary/aromatic N) is 2. The zero-order valence-corrected chi connectivity index (χ0v) is 23.7. The van der Waals surface area contributed by atoms with Crippen molar-refractivity contribution in [2.24, 2.45) is 0 Å². The van der Waals surface area contributed by atoms with Crippen molar-refractivity contribution < 1.29 is 32.2 Å². The summed E-state index contributed by atoms with van der Waals surface area (Å²) in [5.41, 5.74) is 3.63. The van der Waals surface area contributed by atoms with Crippen molar-refractivity contribution in [3.63, 3.8) is 0 Å². The average Bonchev–Trinajstić information content (AvgIpc) is 3.47. The number of aryl methyl sites for hydroxylation is 2. The van der Waals surface area contributed by atoms with Crippen molar-refractivity contribution in [1.82, 2.24) is 9.55 Å². The molecule has 2 aromatic heterocycles. The van der Waals surface area contributed by atoms with Crippen LogP contribution in [0.15, 0.2) is 57.8 Å². The number of carboxylic acids is 1. The van der Waals surface area contributed by atoms with E-state index < -0.39 is 15.8 Å². The van der Waals surface area contributed by atoms with Crippen molar-refractivity contribution in [1.29, 1.82) is 0 Å². The monoisotopic (exact) mass is 566 g/mol. The summed E-state index contributed by atoms with van der Waals surface area (Å²) >= 11 is 0. The Morgan fingerprint density at radius 2 is 1.88 bits per heavy atom. The molecular formula is C30H34N2O7S. The molecule has 0 aliphatic heterocycles. The lowest BCUT2D eigenvalue weighted by atomic mass is 9.95. The molecule has 212 valence electrons. The van der Waals surface area contributed by atoms with Crippen molar-refractivity contribution in [3.05, 3.63) is 71.2 Å². The van der Waals surface area contributed by atoms with E-state index in [4.69, 9.17) is 13.9 Å². The molecule has 2 unspecified atom stereocenters. The first-order valence-electron chi connectivity index (χ1n) is 13.4. The Hall–Kier alpha value is -3.47. The fraction of sp³-hybridized carbons (Fsp3) is 0.400. The molecule has 1 fully saturated rings. The third kappa shape index (κ3) is 6.29. The Balaban J connectivity index is 1.18. The molecule has 5 rings (SSSR count). The molecule has 1 saturated carbocycles. The molecule has 10 heteroatoms. The summed E-state index contributed by atoms with van der Waals surface area (Å²) in [5.74, 6) is 0.268. The van der Waals surface area contributed by atoms with E-state index in [1.807, 2.05) is 38.1 Å². The number of rotatable bonds is 10. The summed E-state index contributed by atoms with van der Waals surface area (Å²) in [5, 5.41) is 10.3. The molecule has 0 bridgehead atoms. The second kappa shape index (κ2) is 11.6. The van der Waals surface area contributed by atoms with Gasteiger partial charge in [-0.1, -0.05) is 17.7 Å². The van der Waals surface area contributed by atoms with Crippen molar-refractivity contribution in [2.45, 2.75) is 69.8 Å². The third-order valence-electron chi connectivity index (χ3n) is 7.38. The quantitative estimate of drug-likeness (QED) is 0.265. The van der Waals surface area contributed by atoms with Crippen LogP contribution >= 0.6 is 0 Å². The number of fused-ring (bicyclic) bond motifs is 1. The fourth-order valence-corrected chi connectivity index (χ4v) is 5.93. The molecule has 1 aliphatic carbocycles. The number of sulfone groups is 1. The molecule has 0 saturated heterocycles. The molecule has 2 heterocycles. The highest BCUT2D eigenvalue weighted by Crippen LogP contribution is 2.28. The Bertz CT molecular complexity index is 1640. The van der Waals surface area contributed by atoms with Gasteiger partial charge in [0.05, 0.1) is 30.3 Å². The topological polar surface area (TPSA) is 121 Å². The Morgan fingerprint density at radius 3 is 2.60 bits per heavy atom. The molecule has 0 radical (unpaired) electrons. The van der Waals surface area contributed by atoms with E-state index in [0.29, 0.717) is 36.6 Å². The van der Waals surface area contributed by atoms with E-state index in [-0.39, 0.29) is 22.8 Å². The van der Waals surface area contributed by atoms with Crippen LogP contribution in [0.5, 0.6) is 0 Å². The van der Waals surface area contributed by atoms with Gasteiger partial charge in [-0.05, 0) is 75.9 Å². The highest BCUT2D eigenvalue weighted by atomic mass is 32.2.